The lowest BCUT2D eigenvalue weighted by atomic mass is 9.89. The van der Waals surface area contributed by atoms with Crippen molar-refractivity contribution in [2.75, 3.05) is 6.54 Å². The first-order valence-electron chi connectivity index (χ1n) is 13.1. The van der Waals surface area contributed by atoms with Gasteiger partial charge in [0.05, 0.1) is 6.04 Å². The Morgan fingerprint density at radius 1 is 1.23 bits per heavy atom. The molecular formula is C27H31FN6O6. The summed E-state index contributed by atoms with van der Waals surface area (Å²) in [5.41, 5.74) is 0.512. The Morgan fingerprint density at radius 3 is 2.60 bits per heavy atom. The lowest BCUT2D eigenvalue weighted by Gasteiger charge is -2.30. The zero-order chi connectivity index (χ0) is 28.6. The number of amides is 4. The normalized spacial score (nSPS) is 18.8. The number of carbonyl (C=O) groups excluding carboxylic acids is 4. The van der Waals surface area contributed by atoms with Crippen LogP contribution in [0.4, 0.5) is 9.18 Å². The number of aromatic nitrogens is 1. The summed E-state index contributed by atoms with van der Waals surface area (Å²) in [4.78, 5) is 51.3. The quantitative estimate of drug-likeness (QED) is 0.324. The van der Waals surface area contributed by atoms with Crippen LogP contribution in [0, 0.1) is 30.0 Å². The maximum atomic E-state index is 13.6. The van der Waals surface area contributed by atoms with Gasteiger partial charge in [0.1, 0.15) is 23.7 Å². The largest absolute Gasteiger partial charge is 0.429 e. The number of halogens is 1. The van der Waals surface area contributed by atoms with Gasteiger partial charge in [0.15, 0.2) is 5.69 Å². The van der Waals surface area contributed by atoms with Crippen molar-refractivity contribution in [3.63, 3.8) is 0 Å². The molecule has 1 aromatic carbocycles. The summed E-state index contributed by atoms with van der Waals surface area (Å²) < 4.78 is 23.8. The van der Waals surface area contributed by atoms with Crippen LogP contribution < -0.4 is 21.3 Å². The van der Waals surface area contributed by atoms with Gasteiger partial charge in [-0.05, 0) is 56.7 Å². The van der Waals surface area contributed by atoms with Crippen LogP contribution >= 0.6 is 0 Å². The van der Waals surface area contributed by atoms with Crippen molar-refractivity contribution < 1.29 is 32.8 Å². The van der Waals surface area contributed by atoms with E-state index in [4.69, 9.17) is 9.26 Å². The van der Waals surface area contributed by atoms with E-state index >= 15 is 0 Å². The van der Waals surface area contributed by atoms with E-state index in [1.54, 1.807) is 6.92 Å². The first-order chi connectivity index (χ1) is 19.2. The van der Waals surface area contributed by atoms with Crippen molar-refractivity contribution >= 4 is 23.8 Å². The van der Waals surface area contributed by atoms with E-state index in [1.807, 2.05) is 6.07 Å². The van der Waals surface area contributed by atoms with E-state index in [0.717, 1.165) is 19.3 Å². The molecule has 0 spiro atoms. The second-order valence-corrected chi connectivity index (χ2v) is 10.0. The highest BCUT2D eigenvalue weighted by molar-refractivity contribution is 5.96. The molecule has 0 radical (unpaired) electrons. The number of aryl methyl sites for hydroxylation is 1. The van der Waals surface area contributed by atoms with Gasteiger partial charge in [-0.15, -0.1) is 0 Å². The SMILES string of the molecule is Cc1cc(C(=O)N[C@@H](Cc2ccc(F)cc2)C(=O)N[C@@H](C[C@@H]2CCCNC2=O)[C@@H](C#N)OC(=O)NC2CC2)no1. The fourth-order valence-corrected chi connectivity index (χ4v) is 4.42. The molecule has 1 aliphatic heterocycles. The third kappa shape index (κ3) is 8.02. The van der Waals surface area contributed by atoms with E-state index in [-0.39, 0.29) is 30.5 Å². The summed E-state index contributed by atoms with van der Waals surface area (Å²) in [5, 5.41) is 24.3. The molecule has 40 heavy (non-hydrogen) atoms. The minimum Gasteiger partial charge on any atom is -0.429 e. The summed E-state index contributed by atoms with van der Waals surface area (Å²) >= 11 is 0. The fraction of sp³-hybridized carbons (Fsp3) is 0.481. The molecule has 4 amide bonds. The number of alkyl carbamates (subject to hydrolysis) is 1. The van der Waals surface area contributed by atoms with Gasteiger partial charge < -0.3 is 30.5 Å². The highest BCUT2D eigenvalue weighted by Crippen LogP contribution is 2.22. The lowest BCUT2D eigenvalue weighted by Crippen LogP contribution is -2.55. The number of carbonyl (C=O) groups is 4. The van der Waals surface area contributed by atoms with Crippen LogP contribution in [0.5, 0.6) is 0 Å². The summed E-state index contributed by atoms with van der Waals surface area (Å²) in [6.07, 6.45) is 0.688. The molecule has 4 atom stereocenters. The summed E-state index contributed by atoms with van der Waals surface area (Å²) in [6, 6.07) is 6.50. The number of nitriles is 1. The van der Waals surface area contributed by atoms with Crippen molar-refractivity contribution in [3.8, 4) is 6.07 Å². The van der Waals surface area contributed by atoms with E-state index in [0.29, 0.717) is 24.3 Å². The van der Waals surface area contributed by atoms with Crippen LogP contribution in [-0.4, -0.2) is 59.7 Å². The molecule has 12 nitrogen and oxygen atoms in total. The van der Waals surface area contributed by atoms with Gasteiger partial charge in [-0.2, -0.15) is 5.26 Å². The van der Waals surface area contributed by atoms with Gasteiger partial charge in [0, 0.05) is 31.0 Å². The number of ether oxygens (including phenoxy) is 1. The number of hydrogen-bond donors (Lipinski definition) is 4. The van der Waals surface area contributed by atoms with Crippen LogP contribution in [-0.2, 0) is 20.7 Å². The molecule has 1 aromatic heterocycles. The Balaban J connectivity index is 1.54. The zero-order valence-corrected chi connectivity index (χ0v) is 21.9. The second kappa shape index (κ2) is 13.1. The maximum absolute atomic E-state index is 13.6. The van der Waals surface area contributed by atoms with Gasteiger partial charge in [-0.3, -0.25) is 14.4 Å². The Bertz CT molecular complexity index is 1270. The first-order valence-corrected chi connectivity index (χ1v) is 13.1. The van der Waals surface area contributed by atoms with E-state index in [1.165, 1.54) is 30.3 Å². The van der Waals surface area contributed by atoms with Gasteiger partial charge in [-0.25, -0.2) is 9.18 Å². The third-order valence-corrected chi connectivity index (χ3v) is 6.73. The average Bonchev–Trinajstić information content (AvgIpc) is 3.64. The number of rotatable bonds is 11. The molecule has 0 unspecified atom stereocenters. The minimum atomic E-state index is -1.40. The van der Waals surface area contributed by atoms with E-state index in [9.17, 15) is 28.8 Å². The predicted octanol–water partition coefficient (Wildman–Crippen LogP) is 1.65. The van der Waals surface area contributed by atoms with Gasteiger partial charge in [0.25, 0.3) is 5.91 Å². The monoisotopic (exact) mass is 554 g/mol. The average molecular weight is 555 g/mol. The number of piperidine rings is 1. The molecule has 1 aliphatic carbocycles. The van der Waals surface area contributed by atoms with Crippen molar-refractivity contribution in [1.82, 2.24) is 26.4 Å². The summed E-state index contributed by atoms with van der Waals surface area (Å²) in [6.45, 7) is 2.14. The molecular weight excluding hydrogens is 523 g/mol. The highest BCUT2D eigenvalue weighted by atomic mass is 19.1. The molecule has 2 aliphatic rings. The molecule has 0 bridgehead atoms. The summed E-state index contributed by atoms with van der Waals surface area (Å²) in [7, 11) is 0. The molecule has 13 heteroatoms. The van der Waals surface area contributed by atoms with Crippen molar-refractivity contribution in [3.05, 3.63) is 53.2 Å². The first kappa shape index (κ1) is 28.5. The van der Waals surface area contributed by atoms with Gasteiger partial charge in [-0.1, -0.05) is 17.3 Å². The van der Waals surface area contributed by atoms with E-state index < -0.39 is 47.8 Å². The molecule has 1 saturated heterocycles. The standard InChI is InChI=1S/C27H31FN6O6/c1-15-11-22(34-40-15)26(37)33-21(12-16-4-6-18(28)7-5-16)25(36)32-20(13-17-3-2-10-30-24(17)35)23(14-29)39-27(38)31-19-8-9-19/h4-7,11,17,19-21,23H,2-3,8-10,12-13H2,1H3,(H,30,35)(H,31,38)(H,32,36)(H,33,37)/t17-,20-,21-,23+/m0/s1. The van der Waals surface area contributed by atoms with Crippen LogP contribution in [0.2, 0.25) is 0 Å². The molecule has 4 N–H and O–H groups in total. The van der Waals surface area contributed by atoms with Crippen LogP contribution in [0.1, 0.15) is 53.9 Å². The predicted molar refractivity (Wildman–Crippen MR) is 137 cm³/mol. The number of hydrogen-bond acceptors (Lipinski definition) is 8. The second-order valence-electron chi connectivity index (χ2n) is 10.0. The van der Waals surface area contributed by atoms with Crippen molar-refractivity contribution in [2.24, 2.45) is 5.92 Å². The van der Waals surface area contributed by atoms with E-state index in [2.05, 4.69) is 26.4 Å². The highest BCUT2D eigenvalue weighted by Gasteiger charge is 2.36. The minimum absolute atomic E-state index is 0.0144. The fourth-order valence-electron chi connectivity index (χ4n) is 4.42. The van der Waals surface area contributed by atoms with Crippen molar-refractivity contribution in [1.29, 1.82) is 5.26 Å². The Kier molecular flexibility index (Phi) is 9.31. The number of nitrogens with zero attached hydrogens (tertiary/aromatic N) is 2. The Hall–Kier alpha value is -4.47. The van der Waals surface area contributed by atoms with Crippen LogP contribution in [0.3, 0.4) is 0 Å². The van der Waals surface area contributed by atoms with Crippen molar-refractivity contribution in [2.45, 2.75) is 69.7 Å². The molecule has 2 aromatic rings. The lowest BCUT2D eigenvalue weighted by molar-refractivity contribution is -0.129. The Morgan fingerprint density at radius 2 is 1.98 bits per heavy atom. The molecule has 4 rings (SSSR count). The molecule has 212 valence electrons. The number of benzene rings is 1. The van der Waals surface area contributed by atoms with Crippen LogP contribution in [0.15, 0.2) is 34.9 Å². The topological polar surface area (TPSA) is 175 Å². The molecule has 2 fully saturated rings. The maximum Gasteiger partial charge on any atom is 0.408 e. The third-order valence-electron chi connectivity index (χ3n) is 6.73. The van der Waals surface area contributed by atoms with Gasteiger partial charge >= 0.3 is 6.09 Å². The smallest absolute Gasteiger partial charge is 0.408 e. The Labute approximate surface area is 230 Å². The zero-order valence-electron chi connectivity index (χ0n) is 21.9. The summed E-state index contributed by atoms with van der Waals surface area (Å²) in [5.74, 6) is -2.18. The molecule has 1 saturated carbocycles. The van der Waals surface area contributed by atoms with Crippen LogP contribution in [0.25, 0.3) is 0 Å². The molecule has 2 heterocycles. The van der Waals surface area contributed by atoms with Gasteiger partial charge in [0.2, 0.25) is 17.9 Å². The number of nitrogens with one attached hydrogen (secondary N) is 4.